The fraction of sp³-hybridized carbons (Fsp3) is 0.308. The van der Waals surface area contributed by atoms with E-state index in [4.69, 9.17) is 0 Å². The average Bonchev–Trinajstić information content (AvgIpc) is 2.58. The molecule has 0 amide bonds. The van der Waals surface area contributed by atoms with E-state index in [-0.39, 0.29) is 21.2 Å². The fourth-order valence-electron chi connectivity index (χ4n) is 1.71. The summed E-state index contributed by atoms with van der Waals surface area (Å²) < 4.78 is 5.04. The van der Waals surface area contributed by atoms with Crippen LogP contribution in [0, 0.1) is 21.0 Å². The number of aryl methyl sites for hydroxylation is 2. The first kappa shape index (κ1) is 11.6. The number of hydrogen-bond acceptors (Lipinski definition) is 1. The quantitative estimate of drug-likeness (QED) is 0.705. The van der Waals surface area contributed by atoms with Crippen molar-refractivity contribution in [1.82, 2.24) is 9.78 Å². The van der Waals surface area contributed by atoms with Crippen molar-refractivity contribution < 1.29 is 21.2 Å². The molecular formula is C13H16IN2-. The van der Waals surface area contributed by atoms with Gasteiger partial charge in [0.2, 0.25) is 0 Å². The Balaban J connectivity index is 2.31. The Hall–Kier alpha value is -0.840. The van der Waals surface area contributed by atoms with Crippen LogP contribution in [0.3, 0.4) is 0 Å². The Kier molecular flexibility index (Phi) is 3.63. The third kappa shape index (κ3) is 2.29. The van der Waals surface area contributed by atoms with Gasteiger partial charge in [-0.3, -0.25) is 0 Å². The van der Waals surface area contributed by atoms with Gasteiger partial charge in [0.1, 0.15) is 0 Å². The number of rotatable bonds is 3. The molecule has 86 valence electrons. The van der Waals surface area contributed by atoms with Crippen molar-refractivity contribution in [2.24, 2.45) is 0 Å². The van der Waals surface area contributed by atoms with Crippen LogP contribution in [0.2, 0.25) is 0 Å². The Morgan fingerprint density at radius 2 is 1.88 bits per heavy atom. The van der Waals surface area contributed by atoms with Gasteiger partial charge in [-0.25, -0.2) is 0 Å². The zero-order chi connectivity index (χ0) is 11.5. The number of halogens is 1. The predicted octanol–water partition coefficient (Wildman–Crippen LogP) is -0.352. The third-order valence-corrected chi connectivity index (χ3v) is 5.97. The molecule has 0 aliphatic heterocycles. The Labute approximate surface area is 107 Å². The summed E-state index contributed by atoms with van der Waals surface area (Å²) >= 11 is -0.0833. The third-order valence-electron chi connectivity index (χ3n) is 2.53. The first-order valence-electron chi connectivity index (χ1n) is 5.46. The van der Waals surface area contributed by atoms with E-state index in [1.807, 2.05) is 0 Å². The van der Waals surface area contributed by atoms with Crippen LogP contribution in [0.5, 0.6) is 0 Å². The number of benzene rings is 1. The molecule has 0 atom stereocenters. The summed E-state index contributed by atoms with van der Waals surface area (Å²) in [6.07, 6.45) is 0. The molecule has 0 N–H and O–H groups in total. The monoisotopic (exact) mass is 327 g/mol. The van der Waals surface area contributed by atoms with Gasteiger partial charge < -0.3 is 0 Å². The van der Waals surface area contributed by atoms with Gasteiger partial charge in [0, 0.05) is 0 Å². The van der Waals surface area contributed by atoms with E-state index in [0.29, 0.717) is 0 Å². The number of aromatic nitrogens is 2. The zero-order valence-electron chi connectivity index (χ0n) is 9.87. The van der Waals surface area contributed by atoms with E-state index in [9.17, 15) is 0 Å². The molecule has 0 radical (unpaired) electrons. The van der Waals surface area contributed by atoms with E-state index in [0.717, 1.165) is 6.54 Å². The van der Waals surface area contributed by atoms with Crippen LogP contribution in [0.15, 0.2) is 30.3 Å². The van der Waals surface area contributed by atoms with Crippen LogP contribution >= 0.6 is 0 Å². The predicted molar refractivity (Wildman–Crippen MR) is 61.2 cm³/mol. The summed E-state index contributed by atoms with van der Waals surface area (Å²) in [4.78, 5) is 0. The maximum absolute atomic E-state index is 4.57. The molecule has 16 heavy (non-hydrogen) atoms. The average molecular weight is 327 g/mol. The first-order valence-corrected chi connectivity index (χ1v) is 7.62. The van der Waals surface area contributed by atoms with Crippen LogP contribution in [0.1, 0.15) is 18.3 Å². The van der Waals surface area contributed by atoms with Crippen molar-refractivity contribution in [2.75, 3.05) is 0 Å². The van der Waals surface area contributed by atoms with Crippen LogP contribution in [-0.4, -0.2) is 9.78 Å². The molecule has 0 aliphatic carbocycles. The van der Waals surface area contributed by atoms with Crippen molar-refractivity contribution in [2.45, 2.75) is 27.3 Å². The van der Waals surface area contributed by atoms with Crippen LogP contribution in [0.4, 0.5) is 0 Å². The zero-order valence-corrected chi connectivity index (χ0v) is 12.0. The molecule has 0 bridgehead atoms. The van der Waals surface area contributed by atoms with E-state index in [2.05, 4.69) is 60.9 Å². The van der Waals surface area contributed by atoms with Crippen molar-refractivity contribution in [1.29, 1.82) is 0 Å². The second kappa shape index (κ2) is 4.99. The van der Waals surface area contributed by atoms with Crippen molar-refractivity contribution in [3.63, 3.8) is 0 Å². The summed E-state index contributed by atoms with van der Waals surface area (Å²) in [6, 6.07) is 10.7. The van der Waals surface area contributed by atoms with Crippen LogP contribution in [-0.2, 0) is 6.54 Å². The van der Waals surface area contributed by atoms with Gasteiger partial charge in [-0.15, -0.1) is 0 Å². The van der Waals surface area contributed by atoms with Gasteiger partial charge >= 0.3 is 107 Å². The van der Waals surface area contributed by atoms with Gasteiger partial charge in [0.05, 0.1) is 0 Å². The molecule has 0 spiro atoms. The van der Waals surface area contributed by atoms with Gasteiger partial charge in [-0.05, 0) is 0 Å². The summed E-state index contributed by atoms with van der Waals surface area (Å²) in [5.41, 5.74) is 2.55. The van der Waals surface area contributed by atoms with Gasteiger partial charge in [-0.2, -0.15) is 0 Å². The SMILES string of the molecule is CCn1nc(C)c([I-]c2ccccc2)c1C. The van der Waals surface area contributed by atoms with Crippen LogP contribution < -0.4 is 21.2 Å². The molecule has 1 aromatic carbocycles. The van der Waals surface area contributed by atoms with Gasteiger partial charge in [0.25, 0.3) is 0 Å². The molecule has 0 unspecified atom stereocenters. The molecule has 0 saturated carbocycles. The van der Waals surface area contributed by atoms with Crippen molar-refractivity contribution in [3.8, 4) is 0 Å². The van der Waals surface area contributed by atoms with Crippen LogP contribution in [0.25, 0.3) is 0 Å². The summed E-state index contributed by atoms with van der Waals surface area (Å²) in [6.45, 7) is 7.41. The van der Waals surface area contributed by atoms with E-state index in [1.54, 1.807) is 0 Å². The molecule has 2 aromatic rings. The fourth-order valence-corrected chi connectivity index (χ4v) is 4.27. The molecule has 1 heterocycles. The summed E-state index contributed by atoms with van der Waals surface area (Å²) in [7, 11) is 0. The standard InChI is InChI=1S/C13H16IN2/c1-4-16-11(3)13(10(2)15-16)14-12-8-6-5-7-9-12/h5-9H,4H2,1-3H3/q-1. The normalized spacial score (nSPS) is 10.9. The van der Waals surface area contributed by atoms with Gasteiger partial charge in [0.15, 0.2) is 0 Å². The minimum atomic E-state index is -0.0833. The molecule has 0 aliphatic rings. The molecular weight excluding hydrogens is 311 g/mol. The van der Waals surface area contributed by atoms with E-state index in [1.165, 1.54) is 18.5 Å². The van der Waals surface area contributed by atoms with E-state index >= 15 is 0 Å². The topological polar surface area (TPSA) is 17.8 Å². The second-order valence-corrected chi connectivity index (χ2v) is 6.55. The Morgan fingerprint density at radius 1 is 1.19 bits per heavy atom. The molecule has 0 saturated heterocycles. The maximum atomic E-state index is 4.57. The molecule has 2 nitrogen and oxygen atoms in total. The summed E-state index contributed by atoms with van der Waals surface area (Å²) in [5, 5.41) is 4.57. The minimum absolute atomic E-state index is 0.0833. The summed E-state index contributed by atoms with van der Waals surface area (Å²) in [5.74, 6) is 0. The van der Waals surface area contributed by atoms with Crippen molar-refractivity contribution >= 4 is 0 Å². The first-order chi connectivity index (χ1) is 7.72. The Bertz CT molecular complexity index is 474. The molecule has 3 heteroatoms. The molecule has 1 aromatic heterocycles. The van der Waals surface area contributed by atoms with E-state index < -0.39 is 0 Å². The number of hydrogen-bond donors (Lipinski definition) is 0. The van der Waals surface area contributed by atoms with Crippen molar-refractivity contribution in [3.05, 3.63) is 48.9 Å². The Morgan fingerprint density at radius 3 is 2.44 bits per heavy atom. The number of nitrogens with zero attached hydrogens (tertiary/aromatic N) is 2. The molecule has 0 fully saturated rings. The second-order valence-electron chi connectivity index (χ2n) is 3.69. The molecule has 2 rings (SSSR count). The van der Waals surface area contributed by atoms with Gasteiger partial charge in [-0.1, -0.05) is 0 Å².